The Balaban J connectivity index is 1.96. The molecule has 0 spiro atoms. The van der Waals surface area contributed by atoms with Gasteiger partial charge >= 0.3 is 0 Å². The minimum atomic E-state index is -0.147. The van der Waals surface area contributed by atoms with E-state index in [4.69, 9.17) is 0 Å². The van der Waals surface area contributed by atoms with Gasteiger partial charge in [-0.2, -0.15) is 0 Å². The standard InChI is InChI=1S/C16H19N5O2/c1-11-4-5-14(21-9-17-18-10-21)13(6-11)16(23)20-7-12(2)19(3)15(22)8-20/h4-6,9-10,12H,7-8H2,1-3H3. The smallest absolute Gasteiger partial charge is 0.256 e. The van der Waals surface area contributed by atoms with Crippen LogP contribution in [0.1, 0.15) is 22.8 Å². The van der Waals surface area contributed by atoms with Crippen LogP contribution >= 0.6 is 0 Å². The topological polar surface area (TPSA) is 71.3 Å². The number of likely N-dealkylation sites (N-methyl/N-ethyl adjacent to an activating group) is 1. The molecule has 3 rings (SSSR count). The van der Waals surface area contributed by atoms with E-state index in [2.05, 4.69) is 10.2 Å². The van der Waals surface area contributed by atoms with E-state index in [-0.39, 0.29) is 24.4 Å². The van der Waals surface area contributed by atoms with E-state index in [0.29, 0.717) is 17.8 Å². The fourth-order valence-electron chi connectivity index (χ4n) is 2.72. The van der Waals surface area contributed by atoms with Crippen LogP contribution in [0.2, 0.25) is 0 Å². The summed E-state index contributed by atoms with van der Waals surface area (Å²) in [6.45, 7) is 4.50. The number of nitrogens with zero attached hydrogens (tertiary/aromatic N) is 5. The summed E-state index contributed by atoms with van der Waals surface area (Å²) in [7, 11) is 1.77. The first-order valence-corrected chi connectivity index (χ1v) is 7.48. The van der Waals surface area contributed by atoms with Crippen molar-refractivity contribution in [1.29, 1.82) is 0 Å². The van der Waals surface area contributed by atoms with E-state index in [1.165, 1.54) is 0 Å². The fourth-order valence-corrected chi connectivity index (χ4v) is 2.72. The van der Waals surface area contributed by atoms with E-state index in [9.17, 15) is 9.59 Å². The van der Waals surface area contributed by atoms with E-state index >= 15 is 0 Å². The van der Waals surface area contributed by atoms with Crippen molar-refractivity contribution in [2.45, 2.75) is 19.9 Å². The molecule has 7 nitrogen and oxygen atoms in total. The number of carbonyl (C=O) groups is 2. The van der Waals surface area contributed by atoms with Gasteiger partial charge in [0.15, 0.2) is 0 Å². The van der Waals surface area contributed by atoms with Gasteiger partial charge in [-0.05, 0) is 26.0 Å². The number of hydrogen-bond donors (Lipinski definition) is 0. The average molecular weight is 313 g/mol. The molecular weight excluding hydrogens is 294 g/mol. The molecule has 0 saturated carbocycles. The zero-order valence-corrected chi connectivity index (χ0v) is 13.4. The molecule has 1 aromatic carbocycles. The molecule has 1 atom stereocenters. The Kier molecular flexibility index (Phi) is 3.85. The largest absolute Gasteiger partial charge is 0.340 e. The highest BCUT2D eigenvalue weighted by Crippen LogP contribution is 2.20. The molecule has 0 N–H and O–H groups in total. The molecule has 7 heteroatoms. The van der Waals surface area contributed by atoms with Crippen molar-refractivity contribution < 1.29 is 9.59 Å². The van der Waals surface area contributed by atoms with Crippen molar-refractivity contribution >= 4 is 11.8 Å². The highest BCUT2D eigenvalue weighted by atomic mass is 16.2. The summed E-state index contributed by atoms with van der Waals surface area (Å²) in [5.41, 5.74) is 2.25. The van der Waals surface area contributed by atoms with E-state index < -0.39 is 0 Å². The van der Waals surface area contributed by atoms with Crippen molar-refractivity contribution in [1.82, 2.24) is 24.6 Å². The first kappa shape index (κ1) is 15.2. The van der Waals surface area contributed by atoms with E-state index in [1.807, 2.05) is 32.0 Å². The first-order chi connectivity index (χ1) is 11.0. The molecule has 1 fully saturated rings. The van der Waals surface area contributed by atoms with Crippen molar-refractivity contribution in [2.24, 2.45) is 0 Å². The Morgan fingerprint density at radius 3 is 2.61 bits per heavy atom. The van der Waals surface area contributed by atoms with Gasteiger partial charge in [0.1, 0.15) is 19.2 Å². The third kappa shape index (κ3) is 2.81. The maximum atomic E-state index is 13.0. The van der Waals surface area contributed by atoms with Gasteiger partial charge in [-0.1, -0.05) is 11.6 Å². The zero-order chi connectivity index (χ0) is 16.6. The third-order valence-corrected chi connectivity index (χ3v) is 4.23. The van der Waals surface area contributed by atoms with Gasteiger partial charge in [0.2, 0.25) is 5.91 Å². The molecule has 1 saturated heterocycles. The molecule has 0 aliphatic carbocycles. The van der Waals surface area contributed by atoms with Crippen molar-refractivity contribution in [2.75, 3.05) is 20.1 Å². The number of hydrogen-bond acceptors (Lipinski definition) is 4. The zero-order valence-electron chi connectivity index (χ0n) is 13.4. The Morgan fingerprint density at radius 1 is 1.26 bits per heavy atom. The molecular formula is C16H19N5O2. The second kappa shape index (κ2) is 5.83. The molecule has 1 unspecified atom stereocenters. The van der Waals surface area contributed by atoms with Crippen molar-refractivity contribution in [3.05, 3.63) is 42.0 Å². The summed E-state index contributed by atoms with van der Waals surface area (Å²) < 4.78 is 1.70. The van der Waals surface area contributed by atoms with E-state index in [1.54, 1.807) is 34.1 Å². The maximum absolute atomic E-state index is 13.0. The van der Waals surface area contributed by atoms with Crippen molar-refractivity contribution in [3.8, 4) is 5.69 Å². The lowest BCUT2D eigenvalue weighted by atomic mass is 10.1. The summed E-state index contributed by atoms with van der Waals surface area (Å²) in [4.78, 5) is 28.3. The Hall–Kier alpha value is -2.70. The lowest BCUT2D eigenvalue weighted by Gasteiger charge is -2.37. The quantitative estimate of drug-likeness (QED) is 0.825. The van der Waals surface area contributed by atoms with Gasteiger partial charge < -0.3 is 9.80 Å². The van der Waals surface area contributed by atoms with Gasteiger partial charge in [-0.15, -0.1) is 10.2 Å². The second-order valence-electron chi connectivity index (χ2n) is 5.93. The lowest BCUT2D eigenvalue weighted by Crippen LogP contribution is -2.55. The number of aryl methyl sites for hydroxylation is 1. The molecule has 1 aromatic heterocycles. The molecule has 1 aliphatic heterocycles. The number of aromatic nitrogens is 3. The molecule has 120 valence electrons. The summed E-state index contributed by atoms with van der Waals surface area (Å²) in [5, 5.41) is 7.59. The minimum absolute atomic E-state index is 0.00312. The Bertz CT molecular complexity index is 741. The third-order valence-electron chi connectivity index (χ3n) is 4.23. The molecule has 0 radical (unpaired) electrons. The highest BCUT2D eigenvalue weighted by molar-refractivity contribution is 6.00. The Morgan fingerprint density at radius 2 is 1.96 bits per heavy atom. The highest BCUT2D eigenvalue weighted by Gasteiger charge is 2.31. The summed E-state index contributed by atoms with van der Waals surface area (Å²) in [6, 6.07) is 5.64. The Labute approximate surface area is 134 Å². The molecule has 2 amide bonds. The van der Waals surface area contributed by atoms with Crippen LogP contribution in [0, 0.1) is 6.92 Å². The van der Waals surface area contributed by atoms with Gasteiger partial charge in [0, 0.05) is 19.6 Å². The molecule has 2 aromatic rings. The second-order valence-corrected chi connectivity index (χ2v) is 5.93. The van der Waals surface area contributed by atoms with Crippen LogP contribution in [-0.4, -0.2) is 62.6 Å². The summed E-state index contributed by atoms with van der Waals surface area (Å²) >= 11 is 0. The maximum Gasteiger partial charge on any atom is 0.256 e. The van der Waals surface area contributed by atoms with Crippen LogP contribution in [0.15, 0.2) is 30.9 Å². The monoisotopic (exact) mass is 313 g/mol. The SMILES string of the molecule is Cc1ccc(-n2cnnc2)c(C(=O)N2CC(=O)N(C)C(C)C2)c1. The van der Waals surface area contributed by atoms with Crippen molar-refractivity contribution in [3.63, 3.8) is 0 Å². The number of amides is 2. The lowest BCUT2D eigenvalue weighted by molar-refractivity contribution is -0.136. The average Bonchev–Trinajstić information content (AvgIpc) is 3.05. The van der Waals surface area contributed by atoms with Crippen LogP contribution in [0.25, 0.3) is 5.69 Å². The molecule has 23 heavy (non-hydrogen) atoms. The van der Waals surface area contributed by atoms with Gasteiger partial charge in [0.25, 0.3) is 5.91 Å². The number of piperazine rings is 1. The van der Waals surface area contributed by atoms with Gasteiger partial charge in [0.05, 0.1) is 11.3 Å². The predicted octanol–water partition coefficient (Wildman–Crippen LogP) is 0.878. The number of carbonyl (C=O) groups excluding carboxylic acids is 2. The van der Waals surface area contributed by atoms with Crippen LogP contribution < -0.4 is 0 Å². The van der Waals surface area contributed by atoms with Crippen LogP contribution in [0.5, 0.6) is 0 Å². The normalized spacial score (nSPS) is 18.4. The minimum Gasteiger partial charge on any atom is -0.340 e. The number of rotatable bonds is 2. The van der Waals surface area contributed by atoms with Crippen LogP contribution in [0.4, 0.5) is 0 Å². The van der Waals surface area contributed by atoms with Crippen LogP contribution in [-0.2, 0) is 4.79 Å². The predicted molar refractivity (Wildman–Crippen MR) is 84.2 cm³/mol. The molecule has 1 aliphatic rings. The molecule has 0 bridgehead atoms. The van der Waals surface area contributed by atoms with Crippen LogP contribution in [0.3, 0.4) is 0 Å². The number of benzene rings is 1. The van der Waals surface area contributed by atoms with E-state index in [0.717, 1.165) is 5.56 Å². The van der Waals surface area contributed by atoms with Gasteiger partial charge in [-0.3, -0.25) is 14.2 Å². The van der Waals surface area contributed by atoms with Gasteiger partial charge in [-0.25, -0.2) is 0 Å². The molecule has 2 heterocycles. The fraction of sp³-hybridized carbons (Fsp3) is 0.375. The summed E-state index contributed by atoms with van der Waals surface area (Å²) in [6.07, 6.45) is 3.11. The summed E-state index contributed by atoms with van der Waals surface area (Å²) in [5.74, 6) is -0.193. The first-order valence-electron chi connectivity index (χ1n) is 7.48.